The van der Waals surface area contributed by atoms with E-state index in [-0.39, 0.29) is 17.4 Å². The summed E-state index contributed by atoms with van der Waals surface area (Å²) in [5, 5.41) is 2.15. The number of halogens is 2. The van der Waals surface area contributed by atoms with E-state index in [4.69, 9.17) is 14.2 Å². The van der Waals surface area contributed by atoms with Crippen molar-refractivity contribution < 1.29 is 41.6 Å². The highest BCUT2D eigenvalue weighted by Crippen LogP contribution is 2.33. The molecule has 216 valence electrons. The molecule has 0 aliphatic carbocycles. The van der Waals surface area contributed by atoms with Gasteiger partial charge >= 0.3 is 6.03 Å². The fourth-order valence-electron chi connectivity index (χ4n) is 4.75. The summed E-state index contributed by atoms with van der Waals surface area (Å²) in [7, 11) is -1.83. The first-order valence-corrected chi connectivity index (χ1v) is 14.2. The molecule has 3 aliphatic rings. The number of carbonyl (C=O) groups is 3. The summed E-state index contributed by atoms with van der Waals surface area (Å²) >= 11 is 0. The number of barbiturate groups is 1. The molecule has 3 fully saturated rings. The Labute approximate surface area is 228 Å². The molecule has 1 unspecified atom stereocenters. The van der Waals surface area contributed by atoms with Crippen LogP contribution in [0, 0.1) is 11.7 Å². The molecule has 5 atom stereocenters. The number of benzene rings is 1. The number of carbonyl (C=O) groups excluding carboxylic acids is 3. The molecule has 4 rings (SSSR count). The van der Waals surface area contributed by atoms with Crippen molar-refractivity contribution in [2.75, 3.05) is 26.4 Å². The van der Waals surface area contributed by atoms with E-state index < -0.39 is 70.0 Å². The number of rotatable bonds is 9. The maximum Gasteiger partial charge on any atom is 0.331 e. The van der Waals surface area contributed by atoms with Crippen LogP contribution in [0.3, 0.4) is 0 Å². The van der Waals surface area contributed by atoms with Crippen LogP contribution in [0.5, 0.6) is 5.75 Å². The van der Waals surface area contributed by atoms with Gasteiger partial charge in [-0.15, -0.1) is 0 Å². The van der Waals surface area contributed by atoms with Crippen LogP contribution in [0.1, 0.15) is 58.1 Å². The van der Waals surface area contributed by atoms with Gasteiger partial charge in [-0.25, -0.2) is 22.5 Å². The zero-order valence-electron chi connectivity index (χ0n) is 22.2. The minimum Gasteiger partial charge on any atom is -0.488 e. The number of ether oxygens (including phenoxy) is 3. The van der Waals surface area contributed by atoms with Gasteiger partial charge < -0.3 is 14.2 Å². The maximum atomic E-state index is 16.1. The summed E-state index contributed by atoms with van der Waals surface area (Å²) in [5.41, 5.74) is -0.155. The summed E-state index contributed by atoms with van der Waals surface area (Å²) in [4.78, 5) is 39.4. The zero-order valence-corrected chi connectivity index (χ0v) is 23.1. The van der Waals surface area contributed by atoms with Crippen LogP contribution >= 0.6 is 0 Å². The predicted molar refractivity (Wildman–Crippen MR) is 137 cm³/mol. The van der Waals surface area contributed by atoms with E-state index in [1.807, 2.05) is 0 Å². The lowest BCUT2D eigenvalue weighted by atomic mass is 9.90. The van der Waals surface area contributed by atoms with E-state index in [0.29, 0.717) is 45.7 Å². The number of nitrogens with one attached hydrogen (secondary N) is 2. The van der Waals surface area contributed by atoms with Crippen molar-refractivity contribution in [3.8, 4) is 5.75 Å². The van der Waals surface area contributed by atoms with E-state index in [2.05, 4.69) is 10.0 Å². The number of urea groups is 1. The average molecular weight is 572 g/mol. The smallest absolute Gasteiger partial charge is 0.331 e. The van der Waals surface area contributed by atoms with Gasteiger partial charge in [-0.3, -0.25) is 19.8 Å². The monoisotopic (exact) mass is 571 g/mol. The van der Waals surface area contributed by atoms with E-state index in [0.717, 1.165) is 11.0 Å². The Hall–Kier alpha value is -2.48. The Morgan fingerprint density at radius 2 is 1.85 bits per heavy atom. The molecule has 1 aromatic carbocycles. The molecule has 2 N–H and O–H groups in total. The summed E-state index contributed by atoms with van der Waals surface area (Å²) in [6.45, 7) is 6.62. The van der Waals surface area contributed by atoms with Gasteiger partial charge in [0.05, 0.1) is 35.0 Å². The molecule has 0 radical (unpaired) electrons. The van der Waals surface area contributed by atoms with Gasteiger partial charge in [0.1, 0.15) is 29.8 Å². The Kier molecular flexibility index (Phi) is 9.35. The lowest BCUT2D eigenvalue weighted by molar-refractivity contribution is -0.146. The van der Waals surface area contributed by atoms with Crippen LogP contribution in [0.4, 0.5) is 13.6 Å². The fraction of sp³-hybridized carbons (Fsp3) is 0.654. The van der Waals surface area contributed by atoms with Crippen molar-refractivity contribution in [3.63, 3.8) is 0 Å². The molecule has 4 amide bonds. The Morgan fingerprint density at radius 1 is 1.15 bits per heavy atom. The molecule has 3 saturated heterocycles. The number of amides is 4. The van der Waals surface area contributed by atoms with Gasteiger partial charge in [-0.05, 0) is 51.8 Å². The molecule has 0 aromatic heterocycles. The predicted octanol–water partition coefficient (Wildman–Crippen LogP) is 2.69. The molecule has 3 aliphatic heterocycles. The number of alkyl halides is 1. The fourth-order valence-corrected chi connectivity index (χ4v) is 5.61. The molecular formula is C26H35F2N3O7S. The van der Waals surface area contributed by atoms with E-state index >= 15 is 8.78 Å². The Morgan fingerprint density at radius 3 is 2.49 bits per heavy atom. The van der Waals surface area contributed by atoms with Gasteiger partial charge in [-0.2, -0.15) is 0 Å². The highest BCUT2D eigenvalue weighted by atomic mass is 32.2. The highest BCUT2D eigenvalue weighted by molar-refractivity contribution is 7.84. The first-order chi connectivity index (χ1) is 18.5. The van der Waals surface area contributed by atoms with E-state index in [1.54, 1.807) is 20.8 Å². The second-order valence-electron chi connectivity index (χ2n) is 10.9. The highest BCUT2D eigenvalue weighted by Gasteiger charge is 2.46. The number of hydrogen-bond donors (Lipinski definition) is 2. The van der Waals surface area contributed by atoms with E-state index in [1.165, 1.54) is 12.1 Å². The van der Waals surface area contributed by atoms with Crippen LogP contribution in [-0.2, 0) is 30.0 Å². The molecular weight excluding hydrogens is 536 g/mol. The number of imide groups is 2. The molecule has 0 bridgehead atoms. The van der Waals surface area contributed by atoms with E-state index in [9.17, 15) is 18.6 Å². The number of nitrogens with zero attached hydrogens (tertiary/aromatic N) is 1. The van der Waals surface area contributed by atoms with Crippen LogP contribution in [-0.4, -0.2) is 76.4 Å². The van der Waals surface area contributed by atoms with Crippen molar-refractivity contribution in [2.45, 2.75) is 75.6 Å². The number of hydrogen-bond acceptors (Lipinski definition) is 7. The largest absolute Gasteiger partial charge is 0.488 e. The third-order valence-electron chi connectivity index (χ3n) is 6.96. The first-order valence-electron chi connectivity index (χ1n) is 13.1. The normalized spacial score (nSPS) is 25.4. The van der Waals surface area contributed by atoms with Crippen molar-refractivity contribution in [1.29, 1.82) is 0 Å². The van der Waals surface area contributed by atoms with Crippen LogP contribution in [0.25, 0.3) is 0 Å². The molecule has 1 aromatic rings. The second-order valence-corrected chi connectivity index (χ2v) is 12.9. The average Bonchev–Trinajstić information content (AvgIpc) is 3.39. The van der Waals surface area contributed by atoms with Gasteiger partial charge in [0.15, 0.2) is 0 Å². The summed E-state index contributed by atoms with van der Waals surface area (Å²) < 4.78 is 62.6. The minimum absolute atomic E-state index is 0.155. The molecule has 10 nitrogen and oxygen atoms in total. The first kappa shape index (κ1) is 29.5. The zero-order chi connectivity index (χ0) is 28.3. The van der Waals surface area contributed by atoms with Crippen molar-refractivity contribution >= 4 is 28.8 Å². The van der Waals surface area contributed by atoms with Crippen LogP contribution in [0.2, 0.25) is 0 Å². The summed E-state index contributed by atoms with van der Waals surface area (Å²) in [5.74, 6) is -3.75. The maximum absolute atomic E-state index is 16.1. The Bertz CT molecular complexity index is 1100. The summed E-state index contributed by atoms with van der Waals surface area (Å²) in [6.07, 6.45) is -1.47. The van der Waals surface area contributed by atoms with Crippen molar-refractivity contribution in [1.82, 2.24) is 14.9 Å². The van der Waals surface area contributed by atoms with Crippen molar-refractivity contribution in [2.24, 2.45) is 5.92 Å². The van der Waals surface area contributed by atoms with Crippen LogP contribution in [0.15, 0.2) is 18.2 Å². The molecule has 0 saturated carbocycles. The minimum atomic E-state index is -2.03. The lowest BCUT2D eigenvalue weighted by Crippen LogP contribution is -2.62. The quantitative estimate of drug-likeness (QED) is 0.437. The van der Waals surface area contributed by atoms with Gasteiger partial charge in [0.25, 0.3) is 0 Å². The molecule has 0 spiro atoms. The summed E-state index contributed by atoms with van der Waals surface area (Å²) in [6, 6.07) is 1.07. The van der Waals surface area contributed by atoms with Crippen molar-refractivity contribution in [3.05, 3.63) is 29.6 Å². The van der Waals surface area contributed by atoms with Gasteiger partial charge in [0.2, 0.25) is 11.8 Å². The third kappa shape index (κ3) is 7.00. The third-order valence-corrected chi connectivity index (χ3v) is 8.54. The van der Waals surface area contributed by atoms with Gasteiger partial charge in [-0.1, -0.05) is 0 Å². The molecule has 3 heterocycles. The van der Waals surface area contributed by atoms with Crippen LogP contribution < -0.4 is 14.8 Å². The standard InChI is InChI=1S/C26H35F2N3O7S/c1-26(2,3)39(35)30-22(18-12-16(4-5-20(18)27)38-17-8-11-37-14-17)21(28)13-19-23(32)29-25(34)31(24(19)33)15-6-9-36-10-7-15/h4-5,12,15,17,19,21-22,30H,6-11,13-14H2,1-3H3,(H,29,32,34)/t17-,19?,21-,22-,39+/m0/s1. The Balaban J connectivity index is 1.60. The van der Waals surface area contributed by atoms with Gasteiger partial charge in [0, 0.05) is 37.7 Å². The SMILES string of the molecule is CC(C)(C)[S@@](=O)N[C@@H](c1cc(O[C@H]2CCOC2)ccc1F)[C@@H](F)CC1C(=O)NC(=O)N(C2CCOCC2)C1=O. The topological polar surface area (TPSA) is 123 Å². The second kappa shape index (κ2) is 12.4. The lowest BCUT2D eigenvalue weighted by Gasteiger charge is -2.38. The molecule has 13 heteroatoms. The molecule has 39 heavy (non-hydrogen) atoms.